The highest BCUT2D eigenvalue weighted by atomic mass is 16.5. The second-order valence-electron chi connectivity index (χ2n) is 8.64. The maximum absolute atomic E-state index is 5.84. The van der Waals surface area contributed by atoms with E-state index in [4.69, 9.17) is 4.74 Å². The van der Waals surface area contributed by atoms with Gasteiger partial charge in [0.15, 0.2) is 0 Å². The fourth-order valence-corrected chi connectivity index (χ4v) is 5.78. The van der Waals surface area contributed by atoms with Gasteiger partial charge in [0.05, 0.1) is 18.8 Å². The standard InChI is InChI=1S/C21H31N3O/c1-2-6-18(7-3-1)12-22-13-20-14-25-11-10-24(20)21(15-22)16-23(17-21)19-8-4-5-9-19/h1-3,6-7,19-20H,4-5,8-17H2/t20-/m1/s1. The normalized spacial score (nSPS) is 31.1. The summed E-state index contributed by atoms with van der Waals surface area (Å²) in [7, 11) is 0. The lowest BCUT2D eigenvalue weighted by Crippen LogP contribution is -2.81. The van der Waals surface area contributed by atoms with Crippen LogP contribution in [0.1, 0.15) is 31.2 Å². The lowest BCUT2D eigenvalue weighted by Gasteiger charge is -2.64. The summed E-state index contributed by atoms with van der Waals surface area (Å²) in [5.74, 6) is 0. The molecule has 1 aromatic carbocycles. The third-order valence-electron chi connectivity index (χ3n) is 6.91. The van der Waals surface area contributed by atoms with Gasteiger partial charge in [-0.3, -0.25) is 14.7 Å². The monoisotopic (exact) mass is 341 g/mol. The Labute approximate surface area is 151 Å². The van der Waals surface area contributed by atoms with Gasteiger partial charge in [0, 0.05) is 51.4 Å². The van der Waals surface area contributed by atoms with Gasteiger partial charge in [-0.2, -0.15) is 0 Å². The summed E-state index contributed by atoms with van der Waals surface area (Å²) < 4.78 is 5.84. The van der Waals surface area contributed by atoms with Gasteiger partial charge in [-0.1, -0.05) is 43.2 Å². The van der Waals surface area contributed by atoms with Crippen molar-refractivity contribution in [1.82, 2.24) is 14.7 Å². The first kappa shape index (κ1) is 16.2. The molecule has 4 nitrogen and oxygen atoms in total. The molecule has 4 fully saturated rings. The zero-order chi connectivity index (χ0) is 16.7. The van der Waals surface area contributed by atoms with E-state index in [0.717, 1.165) is 38.9 Å². The quantitative estimate of drug-likeness (QED) is 0.839. The van der Waals surface area contributed by atoms with Gasteiger partial charge in [-0.25, -0.2) is 0 Å². The molecular weight excluding hydrogens is 310 g/mol. The highest BCUT2D eigenvalue weighted by Crippen LogP contribution is 2.39. The highest BCUT2D eigenvalue weighted by molar-refractivity contribution is 5.17. The van der Waals surface area contributed by atoms with E-state index in [1.807, 2.05) is 0 Å². The maximum Gasteiger partial charge on any atom is 0.0635 e. The second kappa shape index (κ2) is 6.66. The number of hydrogen-bond acceptors (Lipinski definition) is 4. The number of ether oxygens (including phenoxy) is 1. The van der Waals surface area contributed by atoms with E-state index >= 15 is 0 Å². The minimum Gasteiger partial charge on any atom is -0.378 e. The van der Waals surface area contributed by atoms with Crippen LogP contribution >= 0.6 is 0 Å². The van der Waals surface area contributed by atoms with Gasteiger partial charge < -0.3 is 4.74 Å². The molecule has 1 spiro atoms. The smallest absolute Gasteiger partial charge is 0.0635 e. The molecule has 4 aliphatic rings. The Balaban J connectivity index is 1.31. The molecule has 5 rings (SSSR count). The number of piperazine rings is 1. The van der Waals surface area contributed by atoms with Crippen LogP contribution in [-0.2, 0) is 11.3 Å². The fraction of sp³-hybridized carbons (Fsp3) is 0.714. The number of morpholine rings is 1. The Bertz CT molecular complexity index is 580. The number of hydrogen-bond donors (Lipinski definition) is 0. The Morgan fingerprint density at radius 1 is 1.00 bits per heavy atom. The lowest BCUT2D eigenvalue weighted by molar-refractivity contribution is -0.173. The molecule has 1 atom stereocenters. The molecule has 0 aromatic heterocycles. The van der Waals surface area contributed by atoms with Crippen LogP contribution in [0, 0.1) is 0 Å². The average molecular weight is 341 g/mol. The zero-order valence-electron chi connectivity index (χ0n) is 15.3. The first-order chi connectivity index (χ1) is 12.3. The van der Waals surface area contributed by atoms with Crippen molar-refractivity contribution in [3.05, 3.63) is 35.9 Å². The van der Waals surface area contributed by atoms with Crippen molar-refractivity contribution in [1.29, 1.82) is 0 Å². The number of benzene rings is 1. The van der Waals surface area contributed by atoms with Gasteiger partial charge in [-0.15, -0.1) is 0 Å². The van der Waals surface area contributed by atoms with E-state index in [2.05, 4.69) is 45.0 Å². The fourth-order valence-electron chi connectivity index (χ4n) is 5.78. The minimum absolute atomic E-state index is 0.379. The van der Waals surface area contributed by atoms with E-state index in [-0.39, 0.29) is 0 Å². The Hall–Kier alpha value is -0.940. The molecule has 0 N–H and O–H groups in total. The molecule has 0 unspecified atom stereocenters. The van der Waals surface area contributed by atoms with Gasteiger partial charge in [0.1, 0.15) is 0 Å². The van der Waals surface area contributed by atoms with Gasteiger partial charge in [0.2, 0.25) is 0 Å². The Morgan fingerprint density at radius 2 is 1.80 bits per heavy atom. The number of nitrogens with zero attached hydrogens (tertiary/aromatic N) is 3. The first-order valence-corrected chi connectivity index (χ1v) is 10.2. The van der Waals surface area contributed by atoms with Crippen molar-refractivity contribution < 1.29 is 4.74 Å². The Kier molecular flexibility index (Phi) is 4.33. The van der Waals surface area contributed by atoms with Crippen LogP contribution in [0.5, 0.6) is 0 Å². The molecule has 25 heavy (non-hydrogen) atoms. The van der Waals surface area contributed by atoms with Gasteiger partial charge >= 0.3 is 0 Å². The van der Waals surface area contributed by atoms with Crippen molar-refractivity contribution in [3.63, 3.8) is 0 Å². The molecule has 136 valence electrons. The predicted molar refractivity (Wildman–Crippen MR) is 99.6 cm³/mol. The molecule has 4 heteroatoms. The van der Waals surface area contributed by atoms with Crippen LogP contribution in [0.3, 0.4) is 0 Å². The van der Waals surface area contributed by atoms with Crippen LogP contribution in [-0.4, -0.2) is 78.3 Å². The number of rotatable bonds is 3. The predicted octanol–water partition coefficient (Wildman–Crippen LogP) is 2.20. The molecule has 1 aromatic rings. The minimum atomic E-state index is 0.379. The average Bonchev–Trinajstić information content (AvgIpc) is 3.14. The van der Waals surface area contributed by atoms with E-state index in [9.17, 15) is 0 Å². The molecular formula is C21H31N3O. The van der Waals surface area contributed by atoms with E-state index in [1.54, 1.807) is 0 Å². The van der Waals surface area contributed by atoms with Crippen molar-refractivity contribution in [2.24, 2.45) is 0 Å². The summed E-state index contributed by atoms with van der Waals surface area (Å²) in [6.45, 7) is 8.97. The third kappa shape index (κ3) is 3.03. The number of likely N-dealkylation sites (tertiary alicyclic amines) is 1. The topological polar surface area (TPSA) is 19.0 Å². The summed E-state index contributed by atoms with van der Waals surface area (Å²) in [5.41, 5.74) is 1.82. The summed E-state index contributed by atoms with van der Waals surface area (Å²) in [6, 6.07) is 12.4. The summed E-state index contributed by atoms with van der Waals surface area (Å²) >= 11 is 0. The largest absolute Gasteiger partial charge is 0.378 e. The lowest BCUT2D eigenvalue weighted by atomic mass is 9.81. The molecule has 3 heterocycles. The summed E-state index contributed by atoms with van der Waals surface area (Å²) in [4.78, 5) is 8.30. The van der Waals surface area contributed by atoms with Gasteiger partial charge in [0.25, 0.3) is 0 Å². The molecule has 3 aliphatic heterocycles. The molecule has 1 aliphatic carbocycles. The van der Waals surface area contributed by atoms with Crippen molar-refractivity contribution in [2.75, 3.05) is 45.9 Å². The SMILES string of the molecule is c1ccc(CN2C[C@@H]3COCCN3C3(C2)CN(C2CCCC2)C3)cc1. The molecule has 0 radical (unpaired) electrons. The van der Waals surface area contributed by atoms with Crippen LogP contribution in [0.25, 0.3) is 0 Å². The van der Waals surface area contributed by atoms with Crippen molar-refractivity contribution in [2.45, 2.75) is 49.9 Å². The molecule has 1 saturated carbocycles. The van der Waals surface area contributed by atoms with Crippen LogP contribution in [0.2, 0.25) is 0 Å². The van der Waals surface area contributed by atoms with Crippen molar-refractivity contribution >= 4 is 0 Å². The van der Waals surface area contributed by atoms with Crippen LogP contribution in [0.15, 0.2) is 30.3 Å². The van der Waals surface area contributed by atoms with E-state index in [0.29, 0.717) is 11.6 Å². The van der Waals surface area contributed by atoms with E-state index < -0.39 is 0 Å². The van der Waals surface area contributed by atoms with Crippen molar-refractivity contribution in [3.8, 4) is 0 Å². The van der Waals surface area contributed by atoms with Crippen LogP contribution in [0.4, 0.5) is 0 Å². The maximum atomic E-state index is 5.84. The second-order valence-corrected chi connectivity index (χ2v) is 8.64. The van der Waals surface area contributed by atoms with Gasteiger partial charge in [-0.05, 0) is 18.4 Å². The van der Waals surface area contributed by atoms with Crippen LogP contribution < -0.4 is 0 Å². The number of fused-ring (bicyclic) bond motifs is 2. The first-order valence-electron chi connectivity index (χ1n) is 10.2. The summed E-state index contributed by atoms with van der Waals surface area (Å²) in [6.07, 6.45) is 5.73. The van der Waals surface area contributed by atoms with E-state index in [1.165, 1.54) is 50.9 Å². The Morgan fingerprint density at radius 3 is 2.60 bits per heavy atom. The zero-order valence-corrected chi connectivity index (χ0v) is 15.3. The molecule has 0 bridgehead atoms. The molecule has 0 amide bonds. The summed E-state index contributed by atoms with van der Waals surface area (Å²) in [5, 5.41) is 0. The third-order valence-corrected chi connectivity index (χ3v) is 6.91. The highest BCUT2D eigenvalue weighted by Gasteiger charge is 2.55. The molecule has 3 saturated heterocycles.